The van der Waals surface area contributed by atoms with Crippen LogP contribution in [0.5, 0.6) is 0 Å². The van der Waals surface area contributed by atoms with Gasteiger partial charge >= 0.3 is 0 Å². The van der Waals surface area contributed by atoms with Crippen LogP contribution in [-0.4, -0.2) is 27.4 Å². The molecule has 1 fully saturated rings. The zero-order valence-corrected chi connectivity index (χ0v) is 11.2. The molecule has 1 aliphatic rings. The molecule has 0 spiro atoms. The summed E-state index contributed by atoms with van der Waals surface area (Å²) >= 11 is 0. The highest BCUT2D eigenvalue weighted by atomic mass is 15.3. The van der Waals surface area contributed by atoms with Crippen LogP contribution in [0.3, 0.4) is 0 Å². The monoisotopic (exact) mass is 236 g/mol. The smallest absolute Gasteiger partial charge is 0.154 e. The summed E-state index contributed by atoms with van der Waals surface area (Å²) in [6, 6.07) is 0.539. The van der Waals surface area contributed by atoms with E-state index in [1.807, 2.05) is 11.7 Å². The summed E-state index contributed by atoms with van der Waals surface area (Å²) in [6.07, 6.45) is 6.19. The van der Waals surface area contributed by atoms with Crippen LogP contribution in [0.4, 0.5) is 0 Å². The van der Waals surface area contributed by atoms with E-state index in [0.717, 1.165) is 24.6 Å². The molecule has 4 nitrogen and oxygen atoms in total. The average Bonchev–Trinajstić information content (AvgIpc) is 2.87. The minimum absolute atomic E-state index is 0.539. The zero-order chi connectivity index (χ0) is 12.3. The largest absolute Gasteiger partial charge is 0.314 e. The highest BCUT2D eigenvalue weighted by Crippen LogP contribution is 2.32. The van der Waals surface area contributed by atoms with E-state index >= 15 is 0 Å². The van der Waals surface area contributed by atoms with Gasteiger partial charge in [-0.05, 0) is 12.8 Å². The lowest BCUT2D eigenvalue weighted by molar-refractivity contribution is 0.571. The predicted octanol–water partition coefficient (Wildman–Crippen LogP) is 2.01. The Morgan fingerprint density at radius 1 is 1.35 bits per heavy atom. The summed E-state index contributed by atoms with van der Waals surface area (Å²) in [7, 11) is 2.01. The highest BCUT2D eigenvalue weighted by molar-refractivity contribution is 5.01. The Balaban J connectivity index is 1.93. The van der Waals surface area contributed by atoms with E-state index in [-0.39, 0.29) is 0 Å². The Labute approximate surface area is 104 Å². The van der Waals surface area contributed by atoms with Crippen molar-refractivity contribution >= 4 is 0 Å². The van der Waals surface area contributed by atoms with Gasteiger partial charge in [-0.2, -0.15) is 5.10 Å². The lowest BCUT2D eigenvalue weighted by Crippen LogP contribution is -2.25. The van der Waals surface area contributed by atoms with E-state index in [2.05, 4.69) is 24.3 Å². The molecule has 0 saturated heterocycles. The Morgan fingerprint density at radius 3 is 2.71 bits per heavy atom. The molecule has 1 saturated carbocycles. The molecule has 2 rings (SSSR count). The van der Waals surface area contributed by atoms with Crippen molar-refractivity contribution < 1.29 is 0 Å². The third-order valence-electron chi connectivity index (χ3n) is 3.49. The van der Waals surface area contributed by atoms with Crippen molar-refractivity contribution in [3.63, 3.8) is 0 Å². The van der Waals surface area contributed by atoms with Crippen LogP contribution in [0.2, 0.25) is 0 Å². The van der Waals surface area contributed by atoms with Crippen molar-refractivity contribution in [2.75, 3.05) is 6.54 Å². The molecule has 96 valence electrons. The lowest BCUT2D eigenvalue weighted by atomic mass is 10.1. The molecular formula is C13H24N4. The van der Waals surface area contributed by atoms with Gasteiger partial charge in [0.2, 0.25) is 0 Å². The maximum Gasteiger partial charge on any atom is 0.154 e. The van der Waals surface area contributed by atoms with Gasteiger partial charge in [0.25, 0.3) is 0 Å². The van der Waals surface area contributed by atoms with Crippen LogP contribution in [0.15, 0.2) is 0 Å². The number of hydrogen-bond acceptors (Lipinski definition) is 3. The molecule has 0 aliphatic heterocycles. The van der Waals surface area contributed by atoms with E-state index in [4.69, 9.17) is 4.98 Å². The second-order valence-electron chi connectivity index (χ2n) is 5.35. The molecule has 0 amide bonds. The summed E-state index contributed by atoms with van der Waals surface area (Å²) in [6.45, 7) is 5.32. The van der Waals surface area contributed by atoms with Crippen molar-refractivity contribution in [1.82, 2.24) is 20.1 Å². The standard InChI is InChI=1S/C13H24N4/c1-10(2)14-9-8-12-15-13(16-17(12)3)11-6-4-5-7-11/h10-11,14H,4-9H2,1-3H3. The molecule has 0 bridgehead atoms. The minimum Gasteiger partial charge on any atom is -0.314 e. The normalized spacial score (nSPS) is 17.2. The van der Waals surface area contributed by atoms with E-state index in [1.165, 1.54) is 25.7 Å². The lowest BCUT2D eigenvalue weighted by Gasteiger charge is -2.06. The van der Waals surface area contributed by atoms with Crippen LogP contribution in [-0.2, 0) is 13.5 Å². The molecule has 0 atom stereocenters. The summed E-state index contributed by atoms with van der Waals surface area (Å²) in [5.41, 5.74) is 0. The molecule has 1 heterocycles. The number of aromatic nitrogens is 3. The molecule has 1 aliphatic carbocycles. The number of rotatable bonds is 5. The van der Waals surface area contributed by atoms with Crippen molar-refractivity contribution in [3.8, 4) is 0 Å². The molecule has 4 heteroatoms. The molecule has 1 aromatic heterocycles. The topological polar surface area (TPSA) is 42.7 Å². The quantitative estimate of drug-likeness (QED) is 0.850. The molecule has 1 aromatic rings. The first-order valence-corrected chi connectivity index (χ1v) is 6.80. The molecule has 0 radical (unpaired) electrons. The molecule has 1 N–H and O–H groups in total. The predicted molar refractivity (Wildman–Crippen MR) is 69.1 cm³/mol. The van der Waals surface area contributed by atoms with Crippen LogP contribution >= 0.6 is 0 Å². The Hall–Kier alpha value is -0.900. The fourth-order valence-corrected chi connectivity index (χ4v) is 2.49. The second kappa shape index (κ2) is 5.63. The van der Waals surface area contributed by atoms with E-state index in [9.17, 15) is 0 Å². The van der Waals surface area contributed by atoms with Gasteiger partial charge in [-0.25, -0.2) is 4.98 Å². The van der Waals surface area contributed by atoms with Crippen LogP contribution in [0, 0.1) is 0 Å². The highest BCUT2D eigenvalue weighted by Gasteiger charge is 2.21. The van der Waals surface area contributed by atoms with Gasteiger partial charge in [0, 0.05) is 32.0 Å². The van der Waals surface area contributed by atoms with Crippen LogP contribution < -0.4 is 5.32 Å². The van der Waals surface area contributed by atoms with Crippen LogP contribution in [0.1, 0.15) is 57.1 Å². The second-order valence-corrected chi connectivity index (χ2v) is 5.35. The van der Waals surface area contributed by atoms with E-state index < -0.39 is 0 Å². The van der Waals surface area contributed by atoms with Gasteiger partial charge in [-0.15, -0.1) is 0 Å². The van der Waals surface area contributed by atoms with E-state index in [0.29, 0.717) is 12.0 Å². The van der Waals surface area contributed by atoms with Crippen molar-refractivity contribution in [3.05, 3.63) is 11.6 Å². The zero-order valence-electron chi connectivity index (χ0n) is 11.2. The molecule has 0 aromatic carbocycles. The van der Waals surface area contributed by atoms with Gasteiger partial charge in [0.05, 0.1) is 0 Å². The van der Waals surface area contributed by atoms with E-state index in [1.54, 1.807) is 0 Å². The first kappa shape index (κ1) is 12.6. The summed E-state index contributed by atoms with van der Waals surface area (Å²) in [4.78, 5) is 4.70. The summed E-state index contributed by atoms with van der Waals surface area (Å²) < 4.78 is 1.95. The van der Waals surface area contributed by atoms with Gasteiger partial charge < -0.3 is 5.32 Å². The van der Waals surface area contributed by atoms with Crippen LogP contribution in [0.25, 0.3) is 0 Å². The Kier molecular flexibility index (Phi) is 4.15. The third kappa shape index (κ3) is 3.28. The van der Waals surface area contributed by atoms with Crippen molar-refractivity contribution in [2.24, 2.45) is 7.05 Å². The molecular weight excluding hydrogens is 212 g/mol. The van der Waals surface area contributed by atoms with Gasteiger partial charge in [0.15, 0.2) is 5.82 Å². The van der Waals surface area contributed by atoms with Gasteiger partial charge in [-0.1, -0.05) is 26.7 Å². The minimum atomic E-state index is 0.539. The molecule has 0 unspecified atom stereocenters. The maximum absolute atomic E-state index is 4.70. The maximum atomic E-state index is 4.70. The third-order valence-corrected chi connectivity index (χ3v) is 3.49. The summed E-state index contributed by atoms with van der Waals surface area (Å²) in [5, 5.41) is 7.99. The number of nitrogens with zero attached hydrogens (tertiary/aromatic N) is 3. The average molecular weight is 236 g/mol. The fourth-order valence-electron chi connectivity index (χ4n) is 2.49. The van der Waals surface area contributed by atoms with Crippen molar-refractivity contribution in [1.29, 1.82) is 0 Å². The van der Waals surface area contributed by atoms with Gasteiger partial charge in [-0.3, -0.25) is 4.68 Å². The number of aryl methyl sites for hydroxylation is 1. The SMILES string of the molecule is CC(C)NCCc1nc(C2CCCC2)nn1C. The first-order chi connectivity index (χ1) is 8.16. The summed E-state index contributed by atoms with van der Waals surface area (Å²) in [5.74, 6) is 2.80. The number of hydrogen-bond donors (Lipinski definition) is 1. The van der Waals surface area contributed by atoms with Gasteiger partial charge in [0.1, 0.15) is 5.82 Å². The Bertz CT molecular complexity index is 350. The molecule has 17 heavy (non-hydrogen) atoms. The Morgan fingerprint density at radius 2 is 2.06 bits per heavy atom. The number of nitrogens with one attached hydrogen (secondary N) is 1. The first-order valence-electron chi connectivity index (χ1n) is 6.80. The fraction of sp³-hybridized carbons (Fsp3) is 0.846. The van der Waals surface area contributed by atoms with Crippen molar-refractivity contribution in [2.45, 2.75) is 57.9 Å².